The number of hydrogen-bond acceptors (Lipinski definition) is 12. The van der Waals surface area contributed by atoms with Crippen molar-refractivity contribution in [2.75, 3.05) is 31.1 Å². The van der Waals surface area contributed by atoms with Gasteiger partial charge in [-0.05, 0) is 41.5 Å². The lowest BCUT2D eigenvalue weighted by Gasteiger charge is -2.28. The van der Waals surface area contributed by atoms with E-state index < -0.39 is 35.2 Å². The van der Waals surface area contributed by atoms with Gasteiger partial charge in [0.1, 0.15) is 42.5 Å². The van der Waals surface area contributed by atoms with E-state index in [1.54, 1.807) is 53.7 Å². The first-order chi connectivity index (χ1) is 21.5. The van der Waals surface area contributed by atoms with Crippen molar-refractivity contribution in [1.82, 2.24) is 14.9 Å². The number of oxime groups is 1. The summed E-state index contributed by atoms with van der Waals surface area (Å²) in [7, 11) is 0. The minimum Gasteiger partial charge on any atom is -0.460 e. The van der Waals surface area contributed by atoms with Crippen molar-refractivity contribution in [3.63, 3.8) is 0 Å². The van der Waals surface area contributed by atoms with E-state index in [2.05, 4.69) is 15.1 Å². The van der Waals surface area contributed by atoms with Gasteiger partial charge >= 0.3 is 18.2 Å². The molecule has 15 heteroatoms. The van der Waals surface area contributed by atoms with E-state index in [-0.39, 0.29) is 43.1 Å². The molecule has 1 saturated heterocycles. The third-order valence-corrected chi connectivity index (χ3v) is 6.20. The van der Waals surface area contributed by atoms with Crippen LogP contribution in [0.4, 0.5) is 19.9 Å². The Balaban J connectivity index is 1.53. The number of nitrogens with zero attached hydrogens (tertiary/aromatic N) is 5. The molecule has 250 valence electrons. The van der Waals surface area contributed by atoms with Crippen molar-refractivity contribution in [1.29, 1.82) is 5.41 Å². The van der Waals surface area contributed by atoms with Gasteiger partial charge in [0.05, 0.1) is 12.3 Å². The summed E-state index contributed by atoms with van der Waals surface area (Å²) in [6.45, 7) is 10.9. The largest absolute Gasteiger partial charge is 0.460 e. The molecule has 0 spiro atoms. The molecule has 1 aliphatic heterocycles. The van der Waals surface area contributed by atoms with Gasteiger partial charge in [-0.25, -0.2) is 28.8 Å². The molecule has 0 radical (unpaired) electrons. The van der Waals surface area contributed by atoms with Crippen molar-refractivity contribution >= 4 is 35.7 Å². The minimum atomic E-state index is -0.834. The van der Waals surface area contributed by atoms with Crippen LogP contribution in [0, 0.1) is 11.2 Å². The Bertz CT molecular complexity index is 1400. The summed E-state index contributed by atoms with van der Waals surface area (Å²) in [5.74, 6) is -1.13. The van der Waals surface area contributed by atoms with Crippen LogP contribution in [0.5, 0.6) is 0 Å². The molecule has 2 amide bonds. The van der Waals surface area contributed by atoms with Gasteiger partial charge in [0, 0.05) is 55.0 Å². The molecule has 46 heavy (non-hydrogen) atoms. The standard InChI is InChI=1S/C31H42FN7O7/c1-30(2,3)45-28(41)39(29(42)46-31(4,5)6)14-15-44-37-22-10-12-38(13-11-22)27-35-17-21(18-36-27)23-9-7-8-20(26(23)32)19-43-25(40)16-24(33)34/h7-9,17-18H,10-16,19H2,1-6H3,(H3,33,34). The number of anilines is 1. The van der Waals surface area contributed by atoms with Crippen LogP contribution in [-0.4, -0.2) is 82.0 Å². The molecule has 0 bridgehead atoms. The van der Waals surface area contributed by atoms with E-state index in [4.69, 9.17) is 30.2 Å². The van der Waals surface area contributed by atoms with Gasteiger partial charge in [-0.2, -0.15) is 0 Å². The van der Waals surface area contributed by atoms with E-state index in [9.17, 15) is 14.4 Å². The van der Waals surface area contributed by atoms with Crippen LogP contribution in [0.25, 0.3) is 11.1 Å². The second-order valence-electron chi connectivity index (χ2n) is 12.5. The smallest absolute Gasteiger partial charge is 0.419 e. The molecule has 1 aliphatic rings. The molecule has 1 fully saturated rings. The molecule has 0 atom stereocenters. The highest BCUT2D eigenvalue weighted by molar-refractivity contribution is 5.94. The number of piperidine rings is 1. The summed E-state index contributed by atoms with van der Waals surface area (Å²) in [5, 5.41) is 11.3. The molecule has 3 N–H and O–H groups in total. The number of imide groups is 1. The van der Waals surface area contributed by atoms with E-state index in [0.29, 0.717) is 37.4 Å². The highest BCUT2D eigenvalue weighted by Crippen LogP contribution is 2.26. The van der Waals surface area contributed by atoms with E-state index in [1.807, 2.05) is 4.90 Å². The van der Waals surface area contributed by atoms with Crippen molar-refractivity contribution in [3.05, 3.63) is 42.0 Å². The van der Waals surface area contributed by atoms with Gasteiger partial charge in [0.2, 0.25) is 5.95 Å². The first-order valence-corrected chi connectivity index (χ1v) is 14.8. The number of carbonyl (C=O) groups is 3. The lowest BCUT2D eigenvalue weighted by atomic mass is 10.0. The Morgan fingerprint density at radius 1 is 1.02 bits per heavy atom. The van der Waals surface area contributed by atoms with Crippen molar-refractivity contribution in [3.8, 4) is 11.1 Å². The van der Waals surface area contributed by atoms with E-state index in [1.165, 1.54) is 18.5 Å². The number of aromatic nitrogens is 2. The van der Waals surface area contributed by atoms with Crippen LogP contribution in [-0.2, 0) is 30.4 Å². The molecule has 1 aromatic heterocycles. The number of esters is 1. The maximum Gasteiger partial charge on any atom is 0.419 e. The summed E-state index contributed by atoms with van der Waals surface area (Å²) in [6, 6.07) is 4.73. The predicted octanol–water partition coefficient (Wildman–Crippen LogP) is 4.80. The fraction of sp³-hybridized carbons (Fsp3) is 0.516. The predicted molar refractivity (Wildman–Crippen MR) is 168 cm³/mol. The lowest BCUT2D eigenvalue weighted by Crippen LogP contribution is -2.45. The number of nitrogens with one attached hydrogen (secondary N) is 1. The molecular weight excluding hydrogens is 601 g/mol. The topological polar surface area (TPSA) is 183 Å². The second-order valence-corrected chi connectivity index (χ2v) is 12.5. The SMILES string of the molecule is CC(C)(C)OC(=O)N(CCON=C1CCN(c2ncc(-c3cccc(COC(=O)CC(=N)N)c3F)cn2)CC1)C(=O)OC(C)(C)C. The van der Waals surface area contributed by atoms with Crippen LogP contribution in [0.15, 0.2) is 35.7 Å². The summed E-state index contributed by atoms with van der Waals surface area (Å²) in [6.07, 6.45) is 2.18. The van der Waals surface area contributed by atoms with Gasteiger partial charge in [0.15, 0.2) is 0 Å². The van der Waals surface area contributed by atoms with Gasteiger partial charge < -0.3 is 29.7 Å². The Morgan fingerprint density at radius 2 is 1.61 bits per heavy atom. The van der Waals surface area contributed by atoms with Crippen LogP contribution >= 0.6 is 0 Å². The quantitative estimate of drug-likeness (QED) is 0.0906. The number of amides is 2. The molecule has 14 nitrogen and oxygen atoms in total. The van der Waals surface area contributed by atoms with E-state index >= 15 is 4.39 Å². The maximum absolute atomic E-state index is 15.2. The summed E-state index contributed by atoms with van der Waals surface area (Å²) in [5.41, 5.74) is 5.29. The molecular formula is C31H42FN7O7. The average molecular weight is 644 g/mol. The van der Waals surface area contributed by atoms with Gasteiger partial charge in [0.25, 0.3) is 0 Å². The number of amidine groups is 1. The molecule has 1 aromatic carbocycles. The normalized spacial score (nSPS) is 13.5. The molecule has 2 aromatic rings. The molecule has 0 saturated carbocycles. The van der Waals surface area contributed by atoms with Crippen LogP contribution in [0.2, 0.25) is 0 Å². The number of benzene rings is 1. The first-order valence-electron chi connectivity index (χ1n) is 14.8. The van der Waals surface area contributed by atoms with Crippen LogP contribution in [0.3, 0.4) is 0 Å². The summed E-state index contributed by atoms with van der Waals surface area (Å²) < 4.78 is 30.8. The molecule has 2 heterocycles. The van der Waals surface area contributed by atoms with Gasteiger partial charge in [-0.15, -0.1) is 0 Å². The number of carbonyl (C=O) groups excluding carboxylic acids is 3. The zero-order chi connectivity index (χ0) is 34.1. The summed E-state index contributed by atoms with van der Waals surface area (Å²) in [4.78, 5) is 54.0. The highest BCUT2D eigenvalue weighted by Gasteiger charge is 2.31. The fourth-order valence-electron chi connectivity index (χ4n) is 4.12. The molecule has 3 rings (SSSR count). The van der Waals surface area contributed by atoms with Crippen molar-refractivity contribution in [2.24, 2.45) is 10.9 Å². The fourth-order valence-corrected chi connectivity index (χ4v) is 4.12. The van der Waals surface area contributed by atoms with Crippen molar-refractivity contribution < 1.29 is 37.8 Å². The Kier molecular flexibility index (Phi) is 12.0. The molecule has 0 unspecified atom stereocenters. The zero-order valence-electron chi connectivity index (χ0n) is 27.1. The van der Waals surface area contributed by atoms with Gasteiger partial charge in [-0.3, -0.25) is 10.2 Å². The highest BCUT2D eigenvalue weighted by atomic mass is 19.1. The first kappa shape index (κ1) is 35.7. The third kappa shape index (κ3) is 11.3. The zero-order valence-corrected chi connectivity index (χ0v) is 27.1. The number of hydrogen-bond donors (Lipinski definition) is 2. The van der Waals surface area contributed by atoms with E-state index in [0.717, 1.165) is 10.6 Å². The Labute approximate surface area is 267 Å². The third-order valence-electron chi connectivity index (χ3n) is 6.20. The Morgan fingerprint density at radius 3 is 2.15 bits per heavy atom. The lowest BCUT2D eigenvalue weighted by molar-refractivity contribution is -0.143. The Hall–Kier alpha value is -4.82. The maximum atomic E-state index is 15.2. The van der Waals surface area contributed by atoms with Gasteiger partial charge in [-0.1, -0.05) is 23.4 Å². The van der Waals surface area contributed by atoms with Crippen molar-refractivity contribution in [2.45, 2.75) is 78.6 Å². The van der Waals surface area contributed by atoms with Crippen LogP contribution in [0.1, 0.15) is 66.4 Å². The average Bonchev–Trinajstić information content (AvgIpc) is 2.95. The molecule has 0 aliphatic carbocycles. The van der Waals surface area contributed by atoms with Crippen LogP contribution < -0.4 is 10.6 Å². The number of nitrogens with two attached hydrogens (primary N) is 1. The number of halogens is 1. The summed E-state index contributed by atoms with van der Waals surface area (Å²) >= 11 is 0. The monoisotopic (exact) mass is 643 g/mol. The number of ether oxygens (including phenoxy) is 3. The number of rotatable bonds is 10. The minimum absolute atomic E-state index is 0.0467. The second kappa shape index (κ2) is 15.5.